The first-order chi connectivity index (χ1) is 9.08. The first kappa shape index (κ1) is 14.3. The Hall–Kier alpha value is -1.14. The molecule has 2 aliphatic rings. The standard InChI is InChI=1S/C13H23N3O3/c14-11(3-4-12(17)18)13(19)16-8-5-10(9-16)15-6-1-2-7-15/h10-11H,1-9,14H2,(H,17,18). The number of hydrogen-bond donors (Lipinski definition) is 2. The Morgan fingerprint density at radius 1 is 1.26 bits per heavy atom. The Balaban J connectivity index is 1.78. The zero-order valence-corrected chi connectivity index (χ0v) is 11.3. The molecule has 0 saturated carbocycles. The van der Waals surface area contributed by atoms with E-state index in [1.807, 2.05) is 0 Å². The lowest BCUT2D eigenvalue weighted by Gasteiger charge is -2.24. The van der Waals surface area contributed by atoms with Gasteiger partial charge in [0.25, 0.3) is 0 Å². The third kappa shape index (κ3) is 3.67. The number of rotatable bonds is 5. The van der Waals surface area contributed by atoms with Gasteiger partial charge in [-0.25, -0.2) is 0 Å². The molecule has 2 fully saturated rings. The van der Waals surface area contributed by atoms with E-state index in [1.165, 1.54) is 12.8 Å². The predicted molar refractivity (Wildman–Crippen MR) is 70.6 cm³/mol. The Bertz CT molecular complexity index is 342. The molecule has 2 saturated heterocycles. The lowest BCUT2D eigenvalue weighted by Crippen LogP contribution is -2.44. The van der Waals surface area contributed by atoms with Crippen LogP contribution in [0, 0.1) is 0 Å². The van der Waals surface area contributed by atoms with Crippen molar-refractivity contribution in [1.82, 2.24) is 9.80 Å². The molecular formula is C13H23N3O3. The van der Waals surface area contributed by atoms with Crippen molar-refractivity contribution in [2.45, 2.75) is 44.2 Å². The predicted octanol–water partition coefficient (Wildman–Crippen LogP) is -0.125. The van der Waals surface area contributed by atoms with Crippen LogP contribution in [0.3, 0.4) is 0 Å². The first-order valence-electron chi connectivity index (χ1n) is 7.08. The summed E-state index contributed by atoms with van der Waals surface area (Å²) in [5.41, 5.74) is 5.78. The van der Waals surface area contributed by atoms with E-state index in [2.05, 4.69) is 4.90 Å². The van der Waals surface area contributed by atoms with E-state index in [-0.39, 0.29) is 18.7 Å². The van der Waals surface area contributed by atoms with Crippen LogP contribution < -0.4 is 5.73 Å². The van der Waals surface area contributed by atoms with E-state index in [0.29, 0.717) is 6.04 Å². The van der Waals surface area contributed by atoms with Crippen molar-refractivity contribution < 1.29 is 14.7 Å². The molecule has 2 aliphatic heterocycles. The Morgan fingerprint density at radius 3 is 2.58 bits per heavy atom. The third-order valence-corrected chi connectivity index (χ3v) is 4.12. The smallest absolute Gasteiger partial charge is 0.303 e. The van der Waals surface area contributed by atoms with Crippen LogP contribution in [0.15, 0.2) is 0 Å². The van der Waals surface area contributed by atoms with Gasteiger partial charge >= 0.3 is 5.97 Å². The van der Waals surface area contributed by atoms with Gasteiger partial charge in [0.15, 0.2) is 0 Å². The number of nitrogens with two attached hydrogens (primary N) is 1. The molecule has 0 spiro atoms. The summed E-state index contributed by atoms with van der Waals surface area (Å²) in [6.07, 6.45) is 3.69. The summed E-state index contributed by atoms with van der Waals surface area (Å²) in [7, 11) is 0. The average molecular weight is 269 g/mol. The van der Waals surface area contributed by atoms with Gasteiger partial charge in [0.05, 0.1) is 6.04 Å². The highest BCUT2D eigenvalue weighted by atomic mass is 16.4. The maximum atomic E-state index is 12.1. The minimum atomic E-state index is -0.903. The van der Waals surface area contributed by atoms with Gasteiger partial charge in [0, 0.05) is 25.6 Å². The summed E-state index contributed by atoms with van der Waals surface area (Å²) in [5, 5.41) is 8.61. The van der Waals surface area contributed by atoms with Crippen LogP contribution in [-0.4, -0.2) is 65.0 Å². The van der Waals surface area contributed by atoms with Gasteiger partial charge in [-0.1, -0.05) is 0 Å². The lowest BCUT2D eigenvalue weighted by atomic mass is 10.1. The van der Waals surface area contributed by atoms with Crippen molar-refractivity contribution in [3.05, 3.63) is 0 Å². The van der Waals surface area contributed by atoms with E-state index >= 15 is 0 Å². The highest BCUT2D eigenvalue weighted by Crippen LogP contribution is 2.21. The van der Waals surface area contributed by atoms with E-state index < -0.39 is 12.0 Å². The quantitative estimate of drug-likeness (QED) is 0.726. The van der Waals surface area contributed by atoms with Gasteiger partial charge in [0.2, 0.25) is 5.91 Å². The van der Waals surface area contributed by atoms with E-state index in [9.17, 15) is 9.59 Å². The van der Waals surface area contributed by atoms with Crippen LogP contribution >= 0.6 is 0 Å². The monoisotopic (exact) mass is 269 g/mol. The van der Waals surface area contributed by atoms with Crippen LogP contribution in [0.5, 0.6) is 0 Å². The molecule has 3 N–H and O–H groups in total. The van der Waals surface area contributed by atoms with Crippen molar-refractivity contribution in [2.24, 2.45) is 5.73 Å². The van der Waals surface area contributed by atoms with Crippen LogP contribution in [0.4, 0.5) is 0 Å². The Kier molecular flexibility index (Phi) is 4.76. The SMILES string of the molecule is NC(CCC(=O)O)C(=O)N1CCC(N2CCCC2)C1. The second-order valence-corrected chi connectivity index (χ2v) is 5.51. The largest absolute Gasteiger partial charge is 0.481 e. The number of aliphatic carboxylic acids is 1. The van der Waals surface area contributed by atoms with Gasteiger partial charge in [-0.3, -0.25) is 14.5 Å². The molecule has 0 aromatic rings. The molecular weight excluding hydrogens is 246 g/mol. The fourth-order valence-electron chi connectivity index (χ4n) is 2.98. The number of carboxylic acids is 1. The molecule has 2 unspecified atom stereocenters. The maximum Gasteiger partial charge on any atom is 0.303 e. The molecule has 0 aliphatic carbocycles. The second-order valence-electron chi connectivity index (χ2n) is 5.51. The van der Waals surface area contributed by atoms with Crippen LogP contribution in [0.25, 0.3) is 0 Å². The molecule has 0 bridgehead atoms. The minimum absolute atomic E-state index is 0.0453. The topological polar surface area (TPSA) is 86.9 Å². The zero-order valence-electron chi connectivity index (χ0n) is 11.3. The molecule has 19 heavy (non-hydrogen) atoms. The lowest BCUT2D eigenvalue weighted by molar-refractivity contribution is -0.137. The number of carbonyl (C=O) groups excluding carboxylic acids is 1. The van der Waals surface area contributed by atoms with Gasteiger partial charge in [0.1, 0.15) is 0 Å². The van der Waals surface area contributed by atoms with Crippen LogP contribution in [0.1, 0.15) is 32.1 Å². The van der Waals surface area contributed by atoms with Crippen molar-refractivity contribution >= 4 is 11.9 Å². The summed E-state index contributed by atoms with van der Waals surface area (Å²) in [5.74, 6) is -0.998. The van der Waals surface area contributed by atoms with Crippen LogP contribution in [0.2, 0.25) is 0 Å². The molecule has 0 aromatic carbocycles. The molecule has 6 heteroatoms. The van der Waals surface area contributed by atoms with Crippen molar-refractivity contribution in [3.63, 3.8) is 0 Å². The Morgan fingerprint density at radius 2 is 1.95 bits per heavy atom. The van der Waals surface area contributed by atoms with Crippen molar-refractivity contribution in [3.8, 4) is 0 Å². The molecule has 108 valence electrons. The fraction of sp³-hybridized carbons (Fsp3) is 0.846. The number of likely N-dealkylation sites (tertiary alicyclic amines) is 2. The highest BCUT2D eigenvalue weighted by molar-refractivity contribution is 5.82. The van der Waals surface area contributed by atoms with E-state index in [0.717, 1.165) is 32.6 Å². The average Bonchev–Trinajstić information content (AvgIpc) is 3.04. The normalized spacial score (nSPS) is 25.7. The Labute approximate surface area is 113 Å². The van der Waals surface area contributed by atoms with Crippen molar-refractivity contribution in [2.75, 3.05) is 26.2 Å². The summed E-state index contributed by atoms with van der Waals surface area (Å²) in [6, 6.07) is -0.202. The molecule has 0 radical (unpaired) electrons. The number of carbonyl (C=O) groups is 2. The number of amides is 1. The third-order valence-electron chi connectivity index (χ3n) is 4.12. The summed E-state index contributed by atoms with van der Waals surface area (Å²) in [6.45, 7) is 3.77. The molecule has 2 atom stereocenters. The molecule has 6 nitrogen and oxygen atoms in total. The van der Waals surface area contributed by atoms with Gasteiger partial charge in [-0.2, -0.15) is 0 Å². The minimum Gasteiger partial charge on any atom is -0.481 e. The first-order valence-corrected chi connectivity index (χ1v) is 7.08. The van der Waals surface area contributed by atoms with Gasteiger partial charge in [-0.05, 0) is 38.8 Å². The van der Waals surface area contributed by atoms with Gasteiger partial charge in [-0.15, -0.1) is 0 Å². The van der Waals surface area contributed by atoms with Gasteiger partial charge < -0.3 is 15.7 Å². The maximum absolute atomic E-state index is 12.1. The van der Waals surface area contributed by atoms with Crippen molar-refractivity contribution in [1.29, 1.82) is 0 Å². The highest BCUT2D eigenvalue weighted by Gasteiger charge is 2.33. The summed E-state index contributed by atoms with van der Waals surface area (Å²) < 4.78 is 0. The number of carboxylic acid groups (broad SMARTS) is 1. The molecule has 2 rings (SSSR count). The second kappa shape index (κ2) is 6.34. The molecule has 0 aromatic heterocycles. The molecule has 1 amide bonds. The van der Waals surface area contributed by atoms with E-state index in [4.69, 9.17) is 10.8 Å². The number of hydrogen-bond acceptors (Lipinski definition) is 4. The fourth-order valence-corrected chi connectivity index (χ4v) is 2.98. The number of nitrogens with zero attached hydrogens (tertiary/aromatic N) is 2. The summed E-state index contributed by atoms with van der Waals surface area (Å²) in [4.78, 5) is 26.8. The summed E-state index contributed by atoms with van der Waals surface area (Å²) >= 11 is 0. The van der Waals surface area contributed by atoms with Crippen LogP contribution in [-0.2, 0) is 9.59 Å². The zero-order chi connectivity index (χ0) is 13.8. The molecule has 2 heterocycles. The van der Waals surface area contributed by atoms with E-state index in [1.54, 1.807) is 4.90 Å².